The van der Waals surface area contributed by atoms with Crippen molar-refractivity contribution in [3.8, 4) is 0 Å². The van der Waals surface area contributed by atoms with Gasteiger partial charge in [0.05, 0.1) is 0 Å². The number of carbonyl (C=O) groups excluding carboxylic acids is 2. The molecule has 2 fully saturated rings. The first-order valence-corrected chi connectivity index (χ1v) is 10.9. The van der Waals surface area contributed by atoms with E-state index in [2.05, 4.69) is 22.1 Å². The zero-order chi connectivity index (χ0) is 22.0. The molecule has 2 aliphatic rings. The summed E-state index contributed by atoms with van der Waals surface area (Å²) in [6.45, 7) is 6.71. The first kappa shape index (κ1) is 21.5. The van der Waals surface area contributed by atoms with Crippen LogP contribution in [-0.4, -0.2) is 52.3 Å². The SMILES string of the molecule is Cc1c(CN2CCN(C(=O)C3CCCC3)[C@@H](C)C2)cc(F)cc1NC(=O)c1cocn1. The summed E-state index contributed by atoms with van der Waals surface area (Å²) in [5.41, 5.74) is 2.20. The van der Waals surface area contributed by atoms with Gasteiger partial charge in [0.2, 0.25) is 5.91 Å². The number of rotatable bonds is 5. The van der Waals surface area contributed by atoms with E-state index in [1.165, 1.54) is 24.8 Å². The number of benzene rings is 1. The Morgan fingerprint density at radius 1 is 1.26 bits per heavy atom. The Bertz CT molecular complexity index is 941. The van der Waals surface area contributed by atoms with Crippen LogP contribution in [0.1, 0.15) is 54.2 Å². The summed E-state index contributed by atoms with van der Waals surface area (Å²) in [6, 6.07) is 2.96. The van der Waals surface area contributed by atoms with Crippen molar-refractivity contribution in [2.24, 2.45) is 5.92 Å². The number of amides is 2. The molecule has 1 atom stereocenters. The van der Waals surface area contributed by atoms with Gasteiger partial charge in [0, 0.05) is 43.8 Å². The molecule has 2 amide bonds. The summed E-state index contributed by atoms with van der Waals surface area (Å²) in [4.78, 5) is 33.2. The zero-order valence-electron chi connectivity index (χ0n) is 18.1. The van der Waals surface area contributed by atoms with E-state index in [1.807, 2.05) is 11.8 Å². The van der Waals surface area contributed by atoms with Gasteiger partial charge in [-0.3, -0.25) is 14.5 Å². The maximum absolute atomic E-state index is 14.3. The summed E-state index contributed by atoms with van der Waals surface area (Å²) >= 11 is 0. The summed E-state index contributed by atoms with van der Waals surface area (Å²) in [5, 5.41) is 2.72. The summed E-state index contributed by atoms with van der Waals surface area (Å²) in [7, 11) is 0. The van der Waals surface area contributed by atoms with E-state index in [9.17, 15) is 14.0 Å². The Morgan fingerprint density at radius 3 is 2.71 bits per heavy atom. The number of anilines is 1. The molecule has 166 valence electrons. The van der Waals surface area contributed by atoms with Crippen LogP contribution >= 0.6 is 0 Å². The van der Waals surface area contributed by atoms with Crippen LogP contribution in [-0.2, 0) is 11.3 Å². The molecule has 4 rings (SSSR count). The highest BCUT2D eigenvalue weighted by Crippen LogP contribution is 2.29. The number of nitrogens with one attached hydrogen (secondary N) is 1. The number of hydrogen-bond donors (Lipinski definition) is 1. The van der Waals surface area contributed by atoms with Crippen molar-refractivity contribution in [1.29, 1.82) is 0 Å². The third-order valence-corrected chi connectivity index (χ3v) is 6.49. The third kappa shape index (κ3) is 4.79. The monoisotopic (exact) mass is 428 g/mol. The molecule has 8 heteroatoms. The van der Waals surface area contributed by atoms with E-state index in [0.29, 0.717) is 24.7 Å². The van der Waals surface area contributed by atoms with E-state index >= 15 is 0 Å². The Hall–Kier alpha value is -2.74. The lowest BCUT2D eigenvalue weighted by atomic mass is 10.0. The van der Waals surface area contributed by atoms with Crippen LogP contribution in [0.25, 0.3) is 0 Å². The molecule has 2 aromatic rings. The van der Waals surface area contributed by atoms with Crippen molar-refractivity contribution < 1.29 is 18.4 Å². The number of aromatic nitrogens is 1. The van der Waals surface area contributed by atoms with Gasteiger partial charge in [-0.25, -0.2) is 9.37 Å². The van der Waals surface area contributed by atoms with Crippen LogP contribution in [0.4, 0.5) is 10.1 Å². The topological polar surface area (TPSA) is 78.7 Å². The molecule has 1 saturated heterocycles. The predicted octanol–water partition coefficient (Wildman–Crippen LogP) is 3.60. The highest BCUT2D eigenvalue weighted by molar-refractivity contribution is 6.03. The fourth-order valence-corrected chi connectivity index (χ4v) is 4.69. The number of carbonyl (C=O) groups is 2. The van der Waals surface area contributed by atoms with Crippen molar-refractivity contribution in [3.63, 3.8) is 0 Å². The number of oxazole rings is 1. The molecule has 1 aromatic heterocycles. The van der Waals surface area contributed by atoms with E-state index < -0.39 is 11.7 Å². The van der Waals surface area contributed by atoms with E-state index in [0.717, 1.165) is 49.9 Å². The Labute approximate surface area is 181 Å². The summed E-state index contributed by atoms with van der Waals surface area (Å²) < 4.78 is 19.2. The molecule has 0 spiro atoms. The van der Waals surface area contributed by atoms with Crippen molar-refractivity contribution >= 4 is 17.5 Å². The Morgan fingerprint density at radius 2 is 2.03 bits per heavy atom. The zero-order valence-corrected chi connectivity index (χ0v) is 18.1. The van der Waals surface area contributed by atoms with Gasteiger partial charge in [-0.15, -0.1) is 0 Å². The maximum atomic E-state index is 14.3. The molecule has 2 heterocycles. The van der Waals surface area contributed by atoms with Gasteiger partial charge in [-0.05, 0) is 49.9 Å². The summed E-state index contributed by atoms with van der Waals surface area (Å²) in [5.74, 6) is -0.361. The fraction of sp³-hybridized carbons (Fsp3) is 0.522. The smallest absolute Gasteiger partial charge is 0.277 e. The number of hydrogen-bond acceptors (Lipinski definition) is 5. The molecule has 1 saturated carbocycles. The average molecular weight is 429 g/mol. The van der Waals surface area contributed by atoms with Gasteiger partial charge in [0.1, 0.15) is 12.1 Å². The lowest BCUT2D eigenvalue weighted by molar-refractivity contribution is -0.140. The molecule has 1 N–H and O–H groups in total. The lowest BCUT2D eigenvalue weighted by Gasteiger charge is -2.41. The first-order chi connectivity index (χ1) is 14.9. The molecule has 1 aliphatic heterocycles. The quantitative estimate of drug-likeness (QED) is 0.787. The molecule has 1 aromatic carbocycles. The van der Waals surface area contributed by atoms with E-state index in [4.69, 9.17) is 4.42 Å². The Balaban J connectivity index is 1.42. The van der Waals surface area contributed by atoms with Crippen LogP contribution < -0.4 is 5.32 Å². The molecular formula is C23H29FN4O3. The number of nitrogens with zero attached hydrogens (tertiary/aromatic N) is 3. The van der Waals surface area contributed by atoms with Gasteiger partial charge in [-0.1, -0.05) is 12.8 Å². The Kier molecular flexibility index (Phi) is 6.36. The molecule has 7 nitrogen and oxygen atoms in total. The minimum absolute atomic E-state index is 0.127. The van der Waals surface area contributed by atoms with Crippen LogP contribution in [0.15, 0.2) is 29.2 Å². The predicted molar refractivity (Wildman–Crippen MR) is 114 cm³/mol. The minimum Gasteiger partial charge on any atom is -0.451 e. The average Bonchev–Trinajstić information content (AvgIpc) is 3.45. The van der Waals surface area contributed by atoms with Crippen molar-refractivity contribution in [3.05, 3.63) is 47.4 Å². The fourth-order valence-electron chi connectivity index (χ4n) is 4.69. The molecule has 1 aliphatic carbocycles. The second-order valence-corrected chi connectivity index (χ2v) is 8.66. The highest BCUT2D eigenvalue weighted by atomic mass is 19.1. The van der Waals surface area contributed by atoms with Crippen LogP contribution in [0, 0.1) is 18.7 Å². The third-order valence-electron chi connectivity index (χ3n) is 6.49. The van der Waals surface area contributed by atoms with Gasteiger partial charge in [0.15, 0.2) is 12.1 Å². The highest BCUT2D eigenvalue weighted by Gasteiger charge is 2.33. The van der Waals surface area contributed by atoms with Gasteiger partial charge in [0.25, 0.3) is 5.91 Å². The molecule has 0 radical (unpaired) electrons. The van der Waals surface area contributed by atoms with Crippen LogP contribution in [0.2, 0.25) is 0 Å². The second-order valence-electron chi connectivity index (χ2n) is 8.66. The van der Waals surface area contributed by atoms with Gasteiger partial charge >= 0.3 is 0 Å². The van der Waals surface area contributed by atoms with Crippen molar-refractivity contribution in [2.75, 3.05) is 25.0 Å². The van der Waals surface area contributed by atoms with Gasteiger partial charge < -0.3 is 14.6 Å². The number of halogens is 1. The standard InChI is InChI=1S/C23H29FN4O3/c1-15-11-27(7-8-28(15)23(30)17-5-3-4-6-17)12-18-9-19(24)10-20(16(18)2)26-22(29)21-13-31-14-25-21/h9-10,13-15,17H,3-8,11-12H2,1-2H3,(H,26,29)/t15-/m0/s1. The molecule has 31 heavy (non-hydrogen) atoms. The lowest BCUT2D eigenvalue weighted by Crippen LogP contribution is -2.54. The summed E-state index contributed by atoms with van der Waals surface area (Å²) in [6.07, 6.45) is 6.75. The molecular weight excluding hydrogens is 399 g/mol. The molecule has 0 unspecified atom stereocenters. The van der Waals surface area contributed by atoms with Gasteiger partial charge in [-0.2, -0.15) is 0 Å². The normalized spacial score (nSPS) is 20.2. The maximum Gasteiger partial charge on any atom is 0.277 e. The van der Waals surface area contributed by atoms with Crippen molar-refractivity contribution in [2.45, 2.75) is 52.1 Å². The second kappa shape index (κ2) is 9.18. The first-order valence-electron chi connectivity index (χ1n) is 10.9. The van der Waals surface area contributed by atoms with Crippen LogP contribution in [0.3, 0.4) is 0 Å². The number of piperazine rings is 1. The van der Waals surface area contributed by atoms with Crippen molar-refractivity contribution in [1.82, 2.24) is 14.8 Å². The largest absolute Gasteiger partial charge is 0.451 e. The molecule has 0 bridgehead atoms. The van der Waals surface area contributed by atoms with Crippen LogP contribution in [0.5, 0.6) is 0 Å². The minimum atomic E-state index is -0.443. The van der Waals surface area contributed by atoms with E-state index in [-0.39, 0.29) is 17.7 Å². The van der Waals surface area contributed by atoms with E-state index in [1.54, 1.807) is 0 Å².